The zero-order valence-electron chi connectivity index (χ0n) is 14.6. The van der Waals surface area contributed by atoms with Crippen molar-refractivity contribution in [2.24, 2.45) is 5.92 Å². The van der Waals surface area contributed by atoms with E-state index in [-0.39, 0.29) is 22.8 Å². The largest absolute Gasteiger partial charge is 0.409 e. The molecule has 0 saturated heterocycles. The van der Waals surface area contributed by atoms with Crippen LogP contribution in [0.1, 0.15) is 52.7 Å². The smallest absolute Gasteiger partial charge is 0.192 e. The summed E-state index contributed by atoms with van der Waals surface area (Å²) in [6.45, 7) is 15.1. The Labute approximate surface area is 131 Å². The van der Waals surface area contributed by atoms with Crippen LogP contribution in [-0.4, -0.2) is 14.1 Å². The van der Waals surface area contributed by atoms with Gasteiger partial charge in [0, 0.05) is 12.3 Å². The van der Waals surface area contributed by atoms with Crippen molar-refractivity contribution in [1.82, 2.24) is 0 Å². The molecule has 1 rings (SSSR count). The molecule has 0 N–H and O–H groups in total. The van der Waals surface area contributed by atoms with Crippen LogP contribution in [0.5, 0.6) is 0 Å². The highest BCUT2D eigenvalue weighted by Gasteiger charge is 2.41. The second-order valence-electron chi connectivity index (χ2n) is 7.32. The fourth-order valence-electron chi connectivity index (χ4n) is 2.09. The zero-order chi connectivity index (χ0) is 16.3. The molecule has 2 nitrogen and oxygen atoms in total. The van der Waals surface area contributed by atoms with E-state index in [4.69, 9.17) is 4.43 Å². The molecular weight excluding hydrogens is 276 g/mol. The first kappa shape index (κ1) is 18.1. The van der Waals surface area contributed by atoms with Crippen molar-refractivity contribution in [3.8, 4) is 0 Å². The molecular formula is C18H30O2Si. The van der Waals surface area contributed by atoms with Gasteiger partial charge in [0.05, 0.1) is 6.10 Å². The summed E-state index contributed by atoms with van der Waals surface area (Å²) in [7, 11) is -1.92. The van der Waals surface area contributed by atoms with E-state index in [9.17, 15) is 4.79 Å². The molecule has 0 bridgehead atoms. The molecule has 3 heteroatoms. The van der Waals surface area contributed by atoms with E-state index in [0.29, 0.717) is 6.42 Å². The maximum atomic E-state index is 12.2. The summed E-state index contributed by atoms with van der Waals surface area (Å²) in [5, 5.41) is 0.134. The highest BCUT2D eigenvalue weighted by molar-refractivity contribution is 6.74. The van der Waals surface area contributed by atoms with Crippen LogP contribution in [0.2, 0.25) is 18.1 Å². The van der Waals surface area contributed by atoms with Gasteiger partial charge in [0.15, 0.2) is 8.32 Å². The van der Waals surface area contributed by atoms with Gasteiger partial charge in [-0.1, -0.05) is 65.0 Å². The van der Waals surface area contributed by atoms with Crippen LogP contribution in [0.25, 0.3) is 0 Å². The first-order valence-corrected chi connectivity index (χ1v) is 10.8. The predicted molar refractivity (Wildman–Crippen MR) is 91.9 cm³/mol. The minimum atomic E-state index is -1.92. The number of benzene rings is 1. The van der Waals surface area contributed by atoms with Gasteiger partial charge in [-0.3, -0.25) is 4.79 Å². The summed E-state index contributed by atoms with van der Waals surface area (Å²) in [6.07, 6.45) is 0.422. The topological polar surface area (TPSA) is 26.3 Å². The van der Waals surface area contributed by atoms with E-state index < -0.39 is 8.32 Å². The summed E-state index contributed by atoms with van der Waals surface area (Å²) >= 11 is 0. The molecule has 1 aromatic rings. The normalized spacial score (nSPS) is 15.6. The van der Waals surface area contributed by atoms with Gasteiger partial charge in [-0.2, -0.15) is 0 Å². The summed E-state index contributed by atoms with van der Waals surface area (Å²) in [4.78, 5) is 12.2. The summed E-state index contributed by atoms with van der Waals surface area (Å²) in [5.41, 5.74) is 1.11. The van der Waals surface area contributed by atoms with Crippen molar-refractivity contribution in [2.75, 3.05) is 0 Å². The molecule has 0 aliphatic heterocycles. The van der Waals surface area contributed by atoms with Gasteiger partial charge >= 0.3 is 0 Å². The van der Waals surface area contributed by atoms with Crippen molar-refractivity contribution >= 4 is 14.1 Å². The van der Waals surface area contributed by atoms with E-state index in [1.807, 2.05) is 32.0 Å². The number of rotatable bonds is 6. The number of hydrogen-bond acceptors (Lipinski definition) is 2. The average Bonchev–Trinajstić information content (AvgIpc) is 2.43. The van der Waals surface area contributed by atoms with Crippen LogP contribution < -0.4 is 0 Å². The lowest BCUT2D eigenvalue weighted by molar-refractivity contribution is -0.125. The van der Waals surface area contributed by atoms with Crippen molar-refractivity contribution in [2.45, 2.75) is 65.3 Å². The van der Waals surface area contributed by atoms with Crippen molar-refractivity contribution in [3.05, 3.63) is 35.9 Å². The third-order valence-electron chi connectivity index (χ3n) is 4.67. The molecule has 0 aliphatic rings. The standard InChI is InChI=1S/C18H30O2Si/c1-8-16(19)14(2)17(15-12-10-9-11-13-15)20-21(6,7)18(3,4)5/h9-14,17H,8H2,1-7H3/t14-,17-/m0/s1. The van der Waals surface area contributed by atoms with Crippen LogP contribution in [0, 0.1) is 5.92 Å². The second kappa shape index (κ2) is 6.88. The summed E-state index contributed by atoms with van der Waals surface area (Å²) in [5.74, 6) is 0.161. The van der Waals surface area contributed by atoms with Crippen LogP contribution in [0.4, 0.5) is 0 Å². The SMILES string of the molecule is CCC(=O)[C@H](C)[C@H](O[Si](C)(C)C(C)(C)C)c1ccccc1. The van der Waals surface area contributed by atoms with Crippen LogP contribution in [0.15, 0.2) is 30.3 Å². The molecule has 21 heavy (non-hydrogen) atoms. The fourth-order valence-corrected chi connectivity index (χ4v) is 3.42. The minimum Gasteiger partial charge on any atom is -0.409 e. The Balaban J connectivity index is 3.12. The molecule has 0 aromatic heterocycles. The molecule has 2 atom stereocenters. The highest BCUT2D eigenvalue weighted by Crippen LogP contribution is 2.41. The molecule has 0 heterocycles. The third kappa shape index (κ3) is 4.52. The van der Waals surface area contributed by atoms with E-state index in [1.165, 1.54) is 0 Å². The van der Waals surface area contributed by atoms with Crippen molar-refractivity contribution < 1.29 is 9.22 Å². The van der Waals surface area contributed by atoms with Gasteiger partial charge in [0.2, 0.25) is 0 Å². The molecule has 118 valence electrons. The molecule has 0 radical (unpaired) electrons. The summed E-state index contributed by atoms with van der Waals surface area (Å²) < 4.78 is 6.59. The predicted octanol–water partition coefficient (Wildman–Crippen LogP) is 5.36. The first-order chi connectivity index (χ1) is 9.60. The Morgan fingerprint density at radius 3 is 2.14 bits per heavy atom. The van der Waals surface area contributed by atoms with Crippen LogP contribution in [0.3, 0.4) is 0 Å². The Bertz CT molecular complexity index is 460. The fraction of sp³-hybridized carbons (Fsp3) is 0.611. The van der Waals surface area contributed by atoms with Crippen LogP contribution >= 0.6 is 0 Å². The lowest BCUT2D eigenvalue weighted by atomic mass is 9.93. The lowest BCUT2D eigenvalue weighted by Crippen LogP contribution is -2.43. The molecule has 0 saturated carbocycles. The zero-order valence-corrected chi connectivity index (χ0v) is 15.6. The maximum absolute atomic E-state index is 12.2. The Kier molecular flexibility index (Phi) is 5.94. The second-order valence-corrected chi connectivity index (χ2v) is 12.1. The number of Topliss-reactive ketones (excluding diaryl/α,β-unsaturated/α-hetero) is 1. The van der Waals surface area contributed by atoms with E-state index >= 15 is 0 Å². The highest BCUT2D eigenvalue weighted by atomic mass is 28.4. The number of ketones is 1. The number of carbonyl (C=O) groups excluding carboxylic acids is 1. The Hall–Kier alpha value is -0.933. The van der Waals surface area contributed by atoms with Gasteiger partial charge < -0.3 is 4.43 Å². The average molecular weight is 307 g/mol. The van der Waals surface area contributed by atoms with Gasteiger partial charge in [-0.15, -0.1) is 0 Å². The first-order valence-electron chi connectivity index (χ1n) is 7.85. The van der Waals surface area contributed by atoms with E-state index in [0.717, 1.165) is 5.56 Å². The molecule has 0 amide bonds. The number of carbonyl (C=O) groups is 1. The summed E-state index contributed by atoms with van der Waals surface area (Å²) in [6, 6.07) is 10.2. The van der Waals surface area contributed by atoms with Crippen LogP contribution in [-0.2, 0) is 9.22 Å². The van der Waals surface area contributed by atoms with Crippen molar-refractivity contribution in [3.63, 3.8) is 0 Å². The quantitative estimate of drug-likeness (QED) is 0.661. The van der Waals surface area contributed by atoms with E-state index in [2.05, 4.69) is 46.0 Å². The molecule has 0 spiro atoms. The van der Waals surface area contributed by atoms with Gasteiger partial charge in [0.1, 0.15) is 5.78 Å². The molecule has 0 aliphatic carbocycles. The molecule has 0 fully saturated rings. The van der Waals surface area contributed by atoms with Gasteiger partial charge in [0.25, 0.3) is 0 Å². The van der Waals surface area contributed by atoms with Gasteiger partial charge in [-0.25, -0.2) is 0 Å². The lowest BCUT2D eigenvalue weighted by Gasteiger charge is -2.40. The monoisotopic (exact) mass is 306 g/mol. The number of hydrogen-bond donors (Lipinski definition) is 0. The molecule has 0 unspecified atom stereocenters. The Morgan fingerprint density at radius 1 is 1.19 bits per heavy atom. The van der Waals surface area contributed by atoms with Gasteiger partial charge in [-0.05, 0) is 23.7 Å². The Morgan fingerprint density at radius 2 is 1.71 bits per heavy atom. The van der Waals surface area contributed by atoms with Crippen molar-refractivity contribution in [1.29, 1.82) is 0 Å². The molecule has 1 aromatic carbocycles. The van der Waals surface area contributed by atoms with E-state index in [1.54, 1.807) is 0 Å². The minimum absolute atomic E-state index is 0.105. The maximum Gasteiger partial charge on any atom is 0.192 e. The third-order valence-corrected chi connectivity index (χ3v) is 9.12.